The third-order valence-corrected chi connectivity index (χ3v) is 6.85. The minimum absolute atomic E-state index is 0.00845. The van der Waals surface area contributed by atoms with Crippen LogP contribution >= 0.6 is 0 Å². The summed E-state index contributed by atoms with van der Waals surface area (Å²) in [6.07, 6.45) is 3.92. The number of fused-ring (bicyclic) bond motifs is 1. The van der Waals surface area contributed by atoms with Crippen molar-refractivity contribution >= 4 is 16.9 Å². The van der Waals surface area contributed by atoms with Crippen LogP contribution in [-0.2, 0) is 13.0 Å². The van der Waals surface area contributed by atoms with E-state index in [0.29, 0.717) is 19.1 Å². The zero-order chi connectivity index (χ0) is 26.2. The lowest BCUT2D eigenvalue weighted by molar-refractivity contribution is 0.0952. The van der Waals surface area contributed by atoms with Gasteiger partial charge < -0.3 is 14.6 Å². The first-order valence-electron chi connectivity index (χ1n) is 13.5. The third kappa shape index (κ3) is 6.79. The van der Waals surface area contributed by atoms with Gasteiger partial charge in [0.25, 0.3) is 5.91 Å². The Bertz CT molecular complexity index is 1340. The number of hydrogen-bond donors (Lipinski definition) is 1. The zero-order valence-electron chi connectivity index (χ0n) is 22.6. The molecule has 0 aliphatic carbocycles. The molecule has 1 heterocycles. The predicted octanol–water partition coefficient (Wildman–Crippen LogP) is 7.00. The van der Waals surface area contributed by atoms with Gasteiger partial charge in [0.15, 0.2) is 0 Å². The van der Waals surface area contributed by atoms with Gasteiger partial charge in [0.2, 0.25) is 0 Å². The van der Waals surface area contributed by atoms with E-state index in [0.717, 1.165) is 66.0 Å². The van der Waals surface area contributed by atoms with Crippen molar-refractivity contribution in [2.75, 3.05) is 13.2 Å². The van der Waals surface area contributed by atoms with Crippen molar-refractivity contribution in [1.29, 1.82) is 0 Å². The fourth-order valence-corrected chi connectivity index (χ4v) is 4.77. The van der Waals surface area contributed by atoms with Crippen LogP contribution in [0.15, 0.2) is 66.7 Å². The molecule has 4 aromatic rings. The molecule has 3 aromatic carbocycles. The van der Waals surface area contributed by atoms with Crippen LogP contribution in [0.5, 0.6) is 5.75 Å². The minimum Gasteiger partial charge on any atom is -0.491 e. The van der Waals surface area contributed by atoms with Gasteiger partial charge >= 0.3 is 0 Å². The van der Waals surface area contributed by atoms with Crippen LogP contribution in [0.2, 0.25) is 0 Å². The molecule has 1 N–H and O–H groups in total. The predicted molar refractivity (Wildman–Crippen MR) is 152 cm³/mol. The second-order valence-corrected chi connectivity index (χ2v) is 10.1. The van der Waals surface area contributed by atoms with Gasteiger partial charge in [-0.05, 0) is 73.6 Å². The summed E-state index contributed by atoms with van der Waals surface area (Å²) in [4.78, 5) is 17.3. The van der Waals surface area contributed by atoms with E-state index >= 15 is 0 Å². The smallest absolute Gasteiger partial charge is 0.251 e. The molecule has 0 bridgehead atoms. The van der Waals surface area contributed by atoms with Crippen LogP contribution < -0.4 is 10.1 Å². The Morgan fingerprint density at radius 3 is 2.57 bits per heavy atom. The fourth-order valence-electron chi connectivity index (χ4n) is 4.77. The molecular weight excluding hydrogens is 458 g/mol. The van der Waals surface area contributed by atoms with Crippen molar-refractivity contribution in [2.24, 2.45) is 0 Å². The number of amides is 1. The third-order valence-electron chi connectivity index (χ3n) is 6.85. The Kier molecular flexibility index (Phi) is 8.99. The van der Waals surface area contributed by atoms with Crippen molar-refractivity contribution in [3.8, 4) is 5.75 Å². The number of ether oxygens (including phenoxy) is 1. The lowest BCUT2D eigenvalue weighted by atomic mass is 10.0. The Hall–Kier alpha value is -3.60. The van der Waals surface area contributed by atoms with Gasteiger partial charge in [-0.25, -0.2) is 4.98 Å². The number of nitrogens with one attached hydrogen (secondary N) is 1. The second kappa shape index (κ2) is 12.6. The van der Waals surface area contributed by atoms with Gasteiger partial charge in [-0.2, -0.15) is 0 Å². The summed E-state index contributed by atoms with van der Waals surface area (Å²) in [6, 6.07) is 22.5. The maximum Gasteiger partial charge on any atom is 0.251 e. The molecule has 194 valence electrons. The summed E-state index contributed by atoms with van der Waals surface area (Å²) in [5.74, 6) is 2.51. The van der Waals surface area contributed by atoms with E-state index in [9.17, 15) is 4.79 Å². The number of carbonyl (C=O) groups excluding carboxylic acids is 1. The summed E-state index contributed by atoms with van der Waals surface area (Å²) >= 11 is 0. The standard InChI is InChI=1S/C32H39N3O2/c1-23(2)26-18-17-24(3)22-30(26)37-21-20-35-29-15-10-9-14-28(29)34-31(35)16-6-5-11-19-33-32(36)27-13-8-7-12-25(27)4/h7-10,12-15,17-18,22-23H,5-6,11,16,19-21H2,1-4H3,(H,33,36). The molecule has 1 amide bonds. The summed E-state index contributed by atoms with van der Waals surface area (Å²) < 4.78 is 8.60. The van der Waals surface area contributed by atoms with E-state index in [1.54, 1.807) is 0 Å². The lowest BCUT2D eigenvalue weighted by Gasteiger charge is -2.16. The number of benzene rings is 3. The summed E-state index contributed by atoms with van der Waals surface area (Å²) in [7, 11) is 0. The second-order valence-electron chi connectivity index (χ2n) is 10.1. The highest BCUT2D eigenvalue weighted by molar-refractivity contribution is 5.95. The number of carbonyl (C=O) groups is 1. The molecular formula is C32H39N3O2. The molecule has 0 radical (unpaired) electrons. The van der Waals surface area contributed by atoms with Crippen LogP contribution in [-0.4, -0.2) is 28.6 Å². The van der Waals surface area contributed by atoms with Crippen LogP contribution in [0.4, 0.5) is 0 Å². The molecule has 0 atom stereocenters. The Morgan fingerprint density at radius 1 is 0.973 bits per heavy atom. The molecule has 5 nitrogen and oxygen atoms in total. The molecule has 0 spiro atoms. The molecule has 0 unspecified atom stereocenters. The molecule has 0 saturated heterocycles. The van der Waals surface area contributed by atoms with Crippen molar-refractivity contribution in [1.82, 2.24) is 14.9 Å². The van der Waals surface area contributed by atoms with Gasteiger partial charge in [0.05, 0.1) is 17.6 Å². The van der Waals surface area contributed by atoms with Gasteiger partial charge in [-0.3, -0.25) is 4.79 Å². The summed E-state index contributed by atoms with van der Waals surface area (Å²) in [5.41, 5.74) is 6.40. The molecule has 0 fully saturated rings. The molecule has 37 heavy (non-hydrogen) atoms. The molecule has 0 aliphatic rings. The van der Waals surface area contributed by atoms with Gasteiger partial charge in [0, 0.05) is 18.5 Å². The van der Waals surface area contributed by atoms with Crippen LogP contribution in [0, 0.1) is 13.8 Å². The average Bonchev–Trinajstić information content (AvgIpc) is 3.23. The van der Waals surface area contributed by atoms with Crippen molar-refractivity contribution < 1.29 is 9.53 Å². The number of para-hydroxylation sites is 2. The maximum absolute atomic E-state index is 12.4. The molecule has 1 aromatic heterocycles. The van der Waals surface area contributed by atoms with Gasteiger partial charge in [-0.15, -0.1) is 0 Å². The number of rotatable bonds is 12. The Balaban J connectivity index is 1.31. The quantitative estimate of drug-likeness (QED) is 0.214. The molecule has 0 aliphatic heterocycles. The maximum atomic E-state index is 12.4. The number of hydrogen-bond acceptors (Lipinski definition) is 3. The lowest BCUT2D eigenvalue weighted by Crippen LogP contribution is -2.25. The number of imidazole rings is 1. The van der Waals surface area contributed by atoms with Crippen LogP contribution in [0.1, 0.15) is 71.9 Å². The number of unbranched alkanes of at least 4 members (excludes halogenated alkanes) is 2. The number of nitrogens with zero attached hydrogens (tertiary/aromatic N) is 2. The van der Waals surface area contributed by atoms with E-state index in [4.69, 9.17) is 9.72 Å². The average molecular weight is 498 g/mol. The highest BCUT2D eigenvalue weighted by atomic mass is 16.5. The molecule has 5 heteroatoms. The number of aryl methyl sites for hydroxylation is 3. The normalized spacial score (nSPS) is 11.3. The van der Waals surface area contributed by atoms with E-state index in [1.807, 2.05) is 37.3 Å². The van der Waals surface area contributed by atoms with Gasteiger partial charge in [-0.1, -0.05) is 62.7 Å². The van der Waals surface area contributed by atoms with Crippen molar-refractivity contribution in [3.63, 3.8) is 0 Å². The Labute approximate surface area is 220 Å². The van der Waals surface area contributed by atoms with E-state index in [1.165, 1.54) is 11.1 Å². The molecule has 0 saturated carbocycles. The van der Waals surface area contributed by atoms with Crippen LogP contribution in [0.3, 0.4) is 0 Å². The van der Waals surface area contributed by atoms with Gasteiger partial charge in [0.1, 0.15) is 18.2 Å². The largest absolute Gasteiger partial charge is 0.491 e. The Morgan fingerprint density at radius 2 is 1.76 bits per heavy atom. The highest BCUT2D eigenvalue weighted by Crippen LogP contribution is 2.28. The van der Waals surface area contributed by atoms with E-state index in [-0.39, 0.29) is 5.91 Å². The first-order chi connectivity index (χ1) is 17.9. The summed E-state index contributed by atoms with van der Waals surface area (Å²) in [5, 5.41) is 3.05. The fraction of sp³-hybridized carbons (Fsp3) is 0.375. The zero-order valence-corrected chi connectivity index (χ0v) is 22.6. The number of aromatic nitrogens is 2. The topological polar surface area (TPSA) is 56.1 Å². The highest BCUT2D eigenvalue weighted by Gasteiger charge is 2.13. The van der Waals surface area contributed by atoms with E-state index < -0.39 is 0 Å². The minimum atomic E-state index is 0.00845. The first-order valence-corrected chi connectivity index (χ1v) is 13.5. The molecule has 4 rings (SSSR count). The first kappa shape index (κ1) is 26.5. The summed E-state index contributed by atoms with van der Waals surface area (Å²) in [6.45, 7) is 10.5. The monoisotopic (exact) mass is 497 g/mol. The SMILES string of the molecule is Cc1ccc(C(C)C)c(OCCn2c(CCCCCNC(=O)c3ccccc3C)nc3ccccc32)c1. The van der Waals surface area contributed by atoms with Crippen molar-refractivity contribution in [2.45, 2.75) is 65.8 Å². The van der Waals surface area contributed by atoms with Crippen LogP contribution in [0.25, 0.3) is 11.0 Å². The van der Waals surface area contributed by atoms with Crippen molar-refractivity contribution in [3.05, 3.63) is 94.8 Å². The van der Waals surface area contributed by atoms with E-state index in [2.05, 4.69) is 67.1 Å².